The standard InChI is InChI=1S/C12H11F3N2/c13-12(14,15)9-3-1-2-8(6-9)10-7-17-5-4-11(10)16/h1-6,17H,7,16H2. The van der Waals surface area contributed by atoms with Gasteiger partial charge in [0.2, 0.25) is 0 Å². The molecule has 0 spiro atoms. The van der Waals surface area contributed by atoms with Gasteiger partial charge in [0, 0.05) is 17.8 Å². The first-order chi connectivity index (χ1) is 7.98. The van der Waals surface area contributed by atoms with Gasteiger partial charge in [0.15, 0.2) is 0 Å². The van der Waals surface area contributed by atoms with Gasteiger partial charge in [0.1, 0.15) is 0 Å². The zero-order valence-electron chi connectivity index (χ0n) is 8.88. The summed E-state index contributed by atoms with van der Waals surface area (Å²) in [6.07, 6.45) is -1.02. The van der Waals surface area contributed by atoms with E-state index in [1.807, 2.05) is 0 Å². The van der Waals surface area contributed by atoms with E-state index in [0.29, 0.717) is 23.4 Å². The van der Waals surface area contributed by atoms with Gasteiger partial charge in [0.05, 0.1) is 5.56 Å². The van der Waals surface area contributed by atoms with Crippen LogP contribution in [-0.4, -0.2) is 6.54 Å². The zero-order valence-corrected chi connectivity index (χ0v) is 8.88. The molecular weight excluding hydrogens is 229 g/mol. The van der Waals surface area contributed by atoms with Crippen LogP contribution in [0.25, 0.3) is 5.57 Å². The lowest BCUT2D eigenvalue weighted by molar-refractivity contribution is -0.137. The fourth-order valence-corrected chi connectivity index (χ4v) is 1.66. The Labute approximate surface area is 96.6 Å². The van der Waals surface area contributed by atoms with E-state index in [9.17, 15) is 13.2 Å². The molecule has 0 saturated carbocycles. The summed E-state index contributed by atoms with van der Waals surface area (Å²) in [5.41, 5.74) is 6.74. The van der Waals surface area contributed by atoms with Gasteiger partial charge in [-0.25, -0.2) is 0 Å². The molecule has 0 aromatic heterocycles. The number of nitrogens with two attached hydrogens (primary N) is 1. The smallest absolute Gasteiger partial charge is 0.398 e. The number of alkyl halides is 3. The van der Waals surface area contributed by atoms with Crippen molar-refractivity contribution in [1.29, 1.82) is 0 Å². The van der Waals surface area contributed by atoms with E-state index in [0.717, 1.165) is 12.1 Å². The van der Waals surface area contributed by atoms with Crippen LogP contribution in [0.4, 0.5) is 13.2 Å². The quantitative estimate of drug-likeness (QED) is 0.791. The van der Waals surface area contributed by atoms with Crippen LogP contribution in [0.15, 0.2) is 42.2 Å². The van der Waals surface area contributed by atoms with E-state index in [4.69, 9.17) is 5.73 Å². The van der Waals surface area contributed by atoms with Crippen molar-refractivity contribution in [3.63, 3.8) is 0 Å². The number of hydrogen-bond acceptors (Lipinski definition) is 2. The molecule has 3 N–H and O–H groups in total. The highest BCUT2D eigenvalue weighted by Gasteiger charge is 2.30. The van der Waals surface area contributed by atoms with Crippen LogP contribution >= 0.6 is 0 Å². The van der Waals surface area contributed by atoms with Crippen molar-refractivity contribution in [1.82, 2.24) is 5.32 Å². The third-order valence-corrected chi connectivity index (χ3v) is 2.55. The molecule has 1 aliphatic heterocycles. The lowest BCUT2D eigenvalue weighted by Gasteiger charge is -2.16. The number of benzene rings is 1. The fourth-order valence-electron chi connectivity index (χ4n) is 1.66. The van der Waals surface area contributed by atoms with E-state index in [1.54, 1.807) is 18.3 Å². The second kappa shape index (κ2) is 4.16. The lowest BCUT2D eigenvalue weighted by atomic mass is 10.00. The highest BCUT2D eigenvalue weighted by molar-refractivity contribution is 5.73. The molecule has 0 bridgehead atoms. The van der Waals surface area contributed by atoms with Crippen LogP contribution in [0.2, 0.25) is 0 Å². The Morgan fingerprint density at radius 1 is 1.24 bits per heavy atom. The molecule has 1 aromatic carbocycles. The SMILES string of the molecule is NC1=C(c2cccc(C(F)(F)F)c2)CNC=C1. The Balaban J connectivity index is 2.44. The van der Waals surface area contributed by atoms with Crippen LogP contribution in [-0.2, 0) is 6.18 Å². The number of nitrogens with one attached hydrogen (secondary N) is 1. The van der Waals surface area contributed by atoms with Crippen LogP contribution in [0.1, 0.15) is 11.1 Å². The molecule has 0 saturated heterocycles. The van der Waals surface area contributed by atoms with Gasteiger partial charge >= 0.3 is 6.18 Å². The first-order valence-corrected chi connectivity index (χ1v) is 5.04. The van der Waals surface area contributed by atoms with Crippen molar-refractivity contribution in [2.75, 3.05) is 6.54 Å². The maximum Gasteiger partial charge on any atom is 0.416 e. The summed E-state index contributed by atoms with van der Waals surface area (Å²) in [6.45, 7) is 0.434. The Kier molecular flexibility index (Phi) is 2.83. The summed E-state index contributed by atoms with van der Waals surface area (Å²) >= 11 is 0. The van der Waals surface area contributed by atoms with Crippen molar-refractivity contribution >= 4 is 5.57 Å². The second-order valence-corrected chi connectivity index (χ2v) is 3.73. The monoisotopic (exact) mass is 240 g/mol. The first-order valence-electron chi connectivity index (χ1n) is 5.04. The summed E-state index contributed by atoms with van der Waals surface area (Å²) in [5.74, 6) is 0. The van der Waals surface area contributed by atoms with E-state index < -0.39 is 11.7 Å². The van der Waals surface area contributed by atoms with Crippen LogP contribution in [0.3, 0.4) is 0 Å². The van der Waals surface area contributed by atoms with Gasteiger partial charge in [-0.2, -0.15) is 13.2 Å². The molecule has 1 aromatic rings. The third-order valence-electron chi connectivity index (χ3n) is 2.55. The second-order valence-electron chi connectivity index (χ2n) is 3.73. The molecule has 0 atom stereocenters. The Morgan fingerprint density at radius 3 is 2.65 bits per heavy atom. The van der Waals surface area contributed by atoms with Crippen molar-refractivity contribution in [2.24, 2.45) is 5.73 Å². The lowest BCUT2D eigenvalue weighted by Crippen LogP contribution is -2.18. The molecule has 0 amide bonds. The van der Waals surface area contributed by atoms with Crippen molar-refractivity contribution in [3.05, 3.63) is 53.4 Å². The largest absolute Gasteiger partial charge is 0.416 e. The summed E-state index contributed by atoms with van der Waals surface area (Å²) in [7, 11) is 0. The molecule has 1 aliphatic rings. The van der Waals surface area contributed by atoms with Gasteiger partial charge in [-0.1, -0.05) is 12.1 Å². The predicted molar refractivity (Wildman–Crippen MR) is 59.7 cm³/mol. The minimum atomic E-state index is -4.33. The average molecular weight is 240 g/mol. The minimum absolute atomic E-state index is 0.434. The van der Waals surface area contributed by atoms with Crippen LogP contribution in [0, 0.1) is 0 Å². The van der Waals surface area contributed by atoms with E-state index in [-0.39, 0.29) is 0 Å². The Morgan fingerprint density at radius 2 is 2.00 bits per heavy atom. The highest BCUT2D eigenvalue weighted by atomic mass is 19.4. The summed E-state index contributed by atoms with van der Waals surface area (Å²) in [5, 5.41) is 2.92. The molecule has 17 heavy (non-hydrogen) atoms. The molecule has 5 heteroatoms. The third kappa shape index (κ3) is 2.43. The number of rotatable bonds is 1. The first kappa shape index (κ1) is 11.6. The summed E-state index contributed by atoms with van der Waals surface area (Å²) in [6, 6.07) is 5.17. The van der Waals surface area contributed by atoms with Gasteiger partial charge in [0.25, 0.3) is 0 Å². The molecule has 90 valence electrons. The van der Waals surface area contributed by atoms with E-state index in [1.165, 1.54) is 6.07 Å². The molecule has 1 heterocycles. The number of hydrogen-bond donors (Lipinski definition) is 2. The molecule has 0 unspecified atom stereocenters. The Hall–Kier alpha value is -1.91. The highest BCUT2D eigenvalue weighted by Crippen LogP contribution is 2.31. The molecular formula is C12H11F3N2. The van der Waals surface area contributed by atoms with Crippen molar-refractivity contribution in [3.8, 4) is 0 Å². The van der Waals surface area contributed by atoms with Gasteiger partial charge < -0.3 is 11.1 Å². The van der Waals surface area contributed by atoms with Crippen LogP contribution in [0.5, 0.6) is 0 Å². The summed E-state index contributed by atoms with van der Waals surface area (Å²) < 4.78 is 37.7. The van der Waals surface area contributed by atoms with Crippen molar-refractivity contribution in [2.45, 2.75) is 6.18 Å². The average Bonchev–Trinajstić information content (AvgIpc) is 2.29. The van der Waals surface area contributed by atoms with E-state index in [2.05, 4.69) is 5.32 Å². The van der Waals surface area contributed by atoms with Gasteiger partial charge in [-0.05, 0) is 30.0 Å². The number of allylic oxidation sites excluding steroid dienone is 1. The van der Waals surface area contributed by atoms with Gasteiger partial charge in [-0.3, -0.25) is 0 Å². The number of halogens is 3. The molecule has 0 fully saturated rings. The van der Waals surface area contributed by atoms with Crippen LogP contribution < -0.4 is 11.1 Å². The molecule has 2 nitrogen and oxygen atoms in total. The van der Waals surface area contributed by atoms with Gasteiger partial charge in [-0.15, -0.1) is 0 Å². The van der Waals surface area contributed by atoms with E-state index >= 15 is 0 Å². The maximum absolute atomic E-state index is 12.6. The van der Waals surface area contributed by atoms with Crippen molar-refractivity contribution < 1.29 is 13.2 Å². The fraction of sp³-hybridized carbons (Fsp3) is 0.167. The zero-order chi connectivity index (χ0) is 12.5. The minimum Gasteiger partial charge on any atom is -0.398 e. The molecule has 0 aliphatic carbocycles. The molecule has 2 rings (SSSR count). The Bertz CT molecular complexity index is 487. The maximum atomic E-state index is 12.6. The number of dihydropyridines is 1. The summed E-state index contributed by atoms with van der Waals surface area (Å²) in [4.78, 5) is 0. The predicted octanol–water partition coefficient (Wildman–Crippen LogP) is 2.49. The molecule has 0 radical (unpaired) electrons. The topological polar surface area (TPSA) is 38.0 Å². The normalized spacial score (nSPS) is 15.9.